The van der Waals surface area contributed by atoms with Gasteiger partial charge in [-0.1, -0.05) is 49.7 Å². The van der Waals surface area contributed by atoms with Crippen LogP contribution in [0, 0.1) is 0 Å². The summed E-state index contributed by atoms with van der Waals surface area (Å²) in [6.45, 7) is 2.18. The maximum absolute atomic E-state index is 12.3. The number of primary amides is 1. The molecule has 0 atom stereocenters. The Bertz CT molecular complexity index is 714. The number of benzene rings is 2. The van der Waals surface area contributed by atoms with Crippen LogP contribution in [0.15, 0.2) is 53.4 Å². The Morgan fingerprint density at radius 1 is 1.04 bits per heavy atom. The SMILES string of the molecule is CCCCc1ccc(CC(=O)Nc2ccccc2SCC(N)=O)cc1. The zero-order valence-corrected chi connectivity index (χ0v) is 15.3. The molecule has 0 fully saturated rings. The molecule has 0 aliphatic carbocycles. The van der Waals surface area contributed by atoms with Crippen molar-refractivity contribution in [1.82, 2.24) is 0 Å². The Morgan fingerprint density at radius 2 is 1.72 bits per heavy atom. The number of para-hydroxylation sites is 1. The molecule has 4 nitrogen and oxygen atoms in total. The molecule has 3 N–H and O–H groups in total. The number of amides is 2. The minimum Gasteiger partial charge on any atom is -0.369 e. The Morgan fingerprint density at radius 3 is 2.40 bits per heavy atom. The quantitative estimate of drug-likeness (QED) is 0.672. The van der Waals surface area contributed by atoms with Gasteiger partial charge in [-0.15, -0.1) is 11.8 Å². The van der Waals surface area contributed by atoms with E-state index in [0.717, 1.165) is 16.9 Å². The van der Waals surface area contributed by atoms with E-state index in [1.165, 1.54) is 30.2 Å². The average molecular weight is 356 g/mol. The third-order valence-corrected chi connectivity index (χ3v) is 4.83. The van der Waals surface area contributed by atoms with Crippen LogP contribution in [0.4, 0.5) is 5.69 Å². The number of hydrogen-bond donors (Lipinski definition) is 2. The average Bonchev–Trinajstić information content (AvgIpc) is 2.60. The highest BCUT2D eigenvalue weighted by molar-refractivity contribution is 8.00. The first-order valence-corrected chi connectivity index (χ1v) is 9.45. The lowest BCUT2D eigenvalue weighted by atomic mass is 10.0. The van der Waals surface area contributed by atoms with Crippen LogP contribution in [-0.2, 0) is 22.4 Å². The first-order valence-electron chi connectivity index (χ1n) is 8.46. The van der Waals surface area contributed by atoms with Gasteiger partial charge in [0.2, 0.25) is 11.8 Å². The molecule has 0 heterocycles. The molecule has 0 spiro atoms. The molecular formula is C20H24N2O2S. The highest BCUT2D eigenvalue weighted by atomic mass is 32.2. The molecule has 0 saturated heterocycles. The lowest BCUT2D eigenvalue weighted by Gasteiger charge is -2.10. The number of nitrogens with one attached hydrogen (secondary N) is 1. The molecular weight excluding hydrogens is 332 g/mol. The van der Waals surface area contributed by atoms with Crippen LogP contribution in [0.2, 0.25) is 0 Å². The molecule has 132 valence electrons. The molecule has 2 aromatic rings. The van der Waals surface area contributed by atoms with E-state index in [1.54, 1.807) is 0 Å². The Kier molecular flexibility index (Phi) is 7.54. The number of aryl methyl sites for hydroxylation is 1. The monoisotopic (exact) mass is 356 g/mol. The van der Waals surface area contributed by atoms with Crippen molar-refractivity contribution in [3.8, 4) is 0 Å². The normalized spacial score (nSPS) is 10.4. The van der Waals surface area contributed by atoms with Crippen molar-refractivity contribution in [3.63, 3.8) is 0 Å². The van der Waals surface area contributed by atoms with Crippen LogP contribution in [0.5, 0.6) is 0 Å². The van der Waals surface area contributed by atoms with Gasteiger partial charge in [0, 0.05) is 4.90 Å². The van der Waals surface area contributed by atoms with Crippen LogP contribution in [0.3, 0.4) is 0 Å². The van der Waals surface area contributed by atoms with Crippen LogP contribution in [0.25, 0.3) is 0 Å². The summed E-state index contributed by atoms with van der Waals surface area (Å²) in [7, 11) is 0. The van der Waals surface area contributed by atoms with E-state index in [4.69, 9.17) is 5.73 Å². The van der Waals surface area contributed by atoms with Gasteiger partial charge in [-0.2, -0.15) is 0 Å². The highest BCUT2D eigenvalue weighted by Gasteiger charge is 2.09. The number of rotatable bonds is 9. The zero-order chi connectivity index (χ0) is 18.1. The zero-order valence-electron chi connectivity index (χ0n) is 14.5. The van der Waals surface area contributed by atoms with Gasteiger partial charge in [0.05, 0.1) is 17.9 Å². The van der Waals surface area contributed by atoms with E-state index >= 15 is 0 Å². The lowest BCUT2D eigenvalue weighted by Crippen LogP contribution is -2.16. The second-order valence-electron chi connectivity index (χ2n) is 5.90. The summed E-state index contributed by atoms with van der Waals surface area (Å²) in [5.74, 6) is -0.269. The number of anilines is 1. The maximum Gasteiger partial charge on any atom is 0.228 e. The van der Waals surface area contributed by atoms with Crippen molar-refractivity contribution in [2.45, 2.75) is 37.5 Å². The van der Waals surface area contributed by atoms with E-state index < -0.39 is 0 Å². The largest absolute Gasteiger partial charge is 0.369 e. The van der Waals surface area contributed by atoms with Crippen molar-refractivity contribution in [3.05, 3.63) is 59.7 Å². The number of carbonyl (C=O) groups excluding carboxylic acids is 2. The summed E-state index contributed by atoms with van der Waals surface area (Å²) < 4.78 is 0. The van der Waals surface area contributed by atoms with Gasteiger partial charge >= 0.3 is 0 Å². The Balaban J connectivity index is 1.95. The van der Waals surface area contributed by atoms with Gasteiger partial charge < -0.3 is 11.1 Å². The third-order valence-electron chi connectivity index (χ3n) is 3.74. The van der Waals surface area contributed by atoms with Crippen LogP contribution in [0.1, 0.15) is 30.9 Å². The van der Waals surface area contributed by atoms with Crippen molar-refractivity contribution < 1.29 is 9.59 Å². The number of unbranched alkanes of at least 4 members (excludes halogenated alkanes) is 1. The highest BCUT2D eigenvalue weighted by Crippen LogP contribution is 2.26. The second-order valence-corrected chi connectivity index (χ2v) is 6.91. The standard InChI is InChI=1S/C20H24N2O2S/c1-2-3-6-15-9-11-16(12-10-15)13-20(24)22-17-7-4-5-8-18(17)25-14-19(21)23/h4-5,7-12H,2-3,6,13-14H2,1H3,(H2,21,23)(H,22,24). The predicted molar refractivity (Wildman–Crippen MR) is 104 cm³/mol. The number of nitrogens with two attached hydrogens (primary N) is 1. The summed E-state index contributed by atoms with van der Waals surface area (Å²) in [6, 6.07) is 15.6. The van der Waals surface area contributed by atoms with E-state index in [-0.39, 0.29) is 17.6 Å². The molecule has 0 aliphatic heterocycles. The molecule has 0 unspecified atom stereocenters. The summed E-state index contributed by atoms with van der Waals surface area (Å²) >= 11 is 1.32. The molecule has 2 rings (SSSR count). The van der Waals surface area contributed by atoms with Crippen LogP contribution < -0.4 is 11.1 Å². The van der Waals surface area contributed by atoms with Crippen LogP contribution >= 0.6 is 11.8 Å². The molecule has 2 amide bonds. The van der Waals surface area contributed by atoms with Gasteiger partial charge in [0.25, 0.3) is 0 Å². The van der Waals surface area contributed by atoms with Gasteiger partial charge in [-0.25, -0.2) is 0 Å². The third kappa shape index (κ3) is 6.63. The van der Waals surface area contributed by atoms with Gasteiger partial charge in [0.15, 0.2) is 0 Å². The minimum absolute atomic E-state index is 0.0755. The summed E-state index contributed by atoms with van der Waals surface area (Å²) in [5, 5.41) is 2.92. The van der Waals surface area contributed by atoms with E-state index in [0.29, 0.717) is 12.1 Å². The van der Waals surface area contributed by atoms with Crippen LogP contribution in [-0.4, -0.2) is 17.6 Å². The fourth-order valence-corrected chi connectivity index (χ4v) is 3.18. The Hall–Kier alpha value is -2.27. The van der Waals surface area contributed by atoms with Gasteiger partial charge in [-0.05, 0) is 36.1 Å². The summed E-state index contributed by atoms with van der Waals surface area (Å²) in [6.07, 6.45) is 3.76. The van der Waals surface area contributed by atoms with Crippen molar-refractivity contribution in [1.29, 1.82) is 0 Å². The molecule has 5 heteroatoms. The van der Waals surface area contributed by atoms with E-state index in [1.807, 2.05) is 36.4 Å². The predicted octanol–water partition coefficient (Wildman–Crippen LogP) is 3.79. The fraction of sp³-hybridized carbons (Fsp3) is 0.300. The molecule has 0 saturated carbocycles. The van der Waals surface area contributed by atoms with E-state index in [2.05, 4.69) is 24.4 Å². The molecule has 0 aliphatic rings. The van der Waals surface area contributed by atoms with Gasteiger partial charge in [-0.3, -0.25) is 9.59 Å². The number of thioether (sulfide) groups is 1. The summed E-state index contributed by atoms with van der Waals surface area (Å²) in [4.78, 5) is 24.1. The number of carbonyl (C=O) groups is 2. The molecule has 0 radical (unpaired) electrons. The summed E-state index contributed by atoms with van der Waals surface area (Å²) in [5.41, 5.74) is 8.19. The fourth-order valence-electron chi connectivity index (χ4n) is 2.43. The Labute approximate surface area is 153 Å². The lowest BCUT2D eigenvalue weighted by molar-refractivity contribution is -0.116. The first-order chi connectivity index (χ1) is 12.1. The smallest absolute Gasteiger partial charge is 0.228 e. The topological polar surface area (TPSA) is 72.2 Å². The maximum atomic E-state index is 12.3. The minimum atomic E-state index is -0.380. The number of hydrogen-bond acceptors (Lipinski definition) is 3. The first kappa shape index (κ1) is 19.1. The van der Waals surface area contributed by atoms with Gasteiger partial charge in [0.1, 0.15) is 0 Å². The van der Waals surface area contributed by atoms with Crippen molar-refractivity contribution in [2.75, 3.05) is 11.1 Å². The molecule has 25 heavy (non-hydrogen) atoms. The van der Waals surface area contributed by atoms with Crippen molar-refractivity contribution >= 4 is 29.3 Å². The molecule has 0 aromatic heterocycles. The molecule has 2 aromatic carbocycles. The molecule has 0 bridgehead atoms. The second kappa shape index (κ2) is 9.89. The van der Waals surface area contributed by atoms with E-state index in [9.17, 15) is 9.59 Å². The van der Waals surface area contributed by atoms with Crippen molar-refractivity contribution in [2.24, 2.45) is 5.73 Å².